The van der Waals surface area contributed by atoms with E-state index < -0.39 is 41.0 Å². The fraction of sp³-hybridized carbons (Fsp3) is 0.267. The highest BCUT2D eigenvalue weighted by Gasteiger charge is 2.39. The van der Waals surface area contributed by atoms with E-state index in [9.17, 15) is 31.1 Å². The maximum Gasteiger partial charge on any atom is 0.416 e. The molecule has 11 heteroatoms. The second kappa shape index (κ2) is 11.4. The van der Waals surface area contributed by atoms with Crippen LogP contribution in [0.1, 0.15) is 32.6 Å². The van der Waals surface area contributed by atoms with Gasteiger partial charge in [-0.2, -0.15) is 26.3 Å². The van der Waals surface area contributed by atoms with E-state index in [2.05, 4.69) is 14.9 Å². The summed E-state index contributed by atoms with van der Waals surface area (Å²) < 4.78 is 81.0. The summed E-state index contributed by atoms with van der Waals surface area (Å²) in [5, 5.41) is 0.937. The lowest BCUT2D eigenvalue weighted by Crippen LogP contribution is -2.56. The second-order valence-electron chi connectivity index (χ2n) is 9.96. The fourth-order valence-corrected chi connectivity index (χ4v) is 5.14. The number of hydrogen-bond donors (Lipinski definition) is 1. The molecular weight excluding hydrogens is 546 g/mol. The highest BCUT2D eigenvalue weighted by molar-refractivity contribution is 5.95. The first kappa shape index (κ1) is 28.4. The summed E-state index contributed by atoms with van der Waals surface area (Å²) in [6.07, 6.45) is -0.634. The van der Waals surface area contributed by atoms with Gasteiger partial charge in [0.25, 0.3) is 5.91 Å². The van der Waals surface area contributed by atoms with Gasteiger partial charge >= 0.3 is 12.4 Å². The van der Waals surface area contributed by atoms with Gasteiger partial charge in [0.05, 0.1) is 11.1 Å². The van der Waals surface area contributed by atoms with Crippen LogP contribution in [0.3, 0.4) is 0 Å². The number of pyridine rings is 1. The number of carbonyl (C=O) groups is 1. The third-order valence-corrected chi connectivity index (χ3v) is 7.15. The van der Waals surface area contributed by atoms with Gasteiger partial charge in [-0.15, -0.1) is 0 Å². The lowest BCUT2D eigenvalue weighted by atomic mass is 9.98. The highest BCUT2D eigenvalue weighted by Crippen LogP contribution is 2.37. The summed E-state index contributed by atoms with van der Waals surface area (Å²) in [5.41, 5.74) is -0.954. The molecule has 2 aromatic carbocycles. The average Bonchev–Trinajstić information content (AvgIpc) is 3.35. The first-order chi connectivity index (χ1) is 19.5. The highest BCUT2D eigenvalue weighted by atomic mass is 19.4. The maximum atomic E-state index is 13.6. The summed E-state index contributed by atoms with van der Waals surface area (Å²) in [4.78, 5) is 24.4. The first-order valence-corrected chi connectivity index (χ1v) is 12.9. The van der Waals surface area contributed by atoms with Crippen molar-refractivity contribution in [3.8, 4) is 0 Å². The number of H-pyrrole nitrogens is 1. The molecule has 1 atom stereocenters. The molecule has 0 aliphatic carbocycles. The quantitative estimate of drug-likeness (QED) is 0.262. The van der Waals surface area contributed by atoms with Crippen molar-refractivity contribution in [2.45, 2.75) is 24.8 Å². The van der Waals surface area contributed by atoms with Gasteiger partial charge in [-0.1, -0.05) is 36.4 Å². The number of amides is 1. The summed E-state index contributed by atoms with van der Waals surface area (Å²) in [7, 11) is 0. The molecule has 214 valence electrons. The van der Waals surface area contributed by atoms with Crippen LogP contribution in [-0.4, -0.2) is 57.9 Å². The molecule has 1 saturated heterocycles. The van der Waals surface area contributed by atoms with E-state index in [1.807, 2.05) is 54.7 Å². The summed E-state index contributed by atoms with van der Waals surface area (Å²) in [6.45, 7) is 1.47. The number of nitrogens with zero attached hydrogens (tertiary/aromatic N) is 3. The van der Waals surface area contributed by atoms with Crippen molar-refractivity contribution in [2.24, 2.45) is 0 Å². The Labute approximate surface area is 232 Å². The minimum atomic E-state index is -5.04. The van der Waals surface area contributed by atoms with Gasteiger partial charge in [-0.3, -0.25) is 14.7 Å². The number of hydrogen-bond acceptors (Lipinski definition) is 3. The molecule has 41 heavy (non-hydrogen) atoms. The number of benzene rings is 2. The molecule has 0 bridgehead atoms. The number of piperazine rings is 1. The van der Waals surface area contributed by atoms with Crippen LogP contribution in [0.25, 0.3) is 17.0 Å². The number of para-hydroxylation sites is 1. The summed E-state index contributed by atoms with van der Waals surface area (Å²) in [6, 6.07) is 11.8. The average molecular weight is 573 g/mol. The minimum absolute atomic E-state index is 0.0345. The number of alkyl halides is 6. The molecular formula is C30H26F6N4O. The molecule has 5 nitrogen and oxygen atoms in total. The Balaban J connectivity index is 1.44. The molecule has 3 heterocycles. The van der Waals surface area contributed by atoms with Crippen molar-refractivity contribution in [1.82, 2.24) is 19.8 Å². The van der Waals surface area contributed by atoms with E-state index in [0.29, 0.717) is 38.2 Å². The van der Waals surface area contributed by atoms with Crippen LogP contribution in [0.4, 0.5) is 26.3 Å². The monoisotopic (exact) mass is 572 g/mol. The van der Waals surface area contributed by atoms with Crippen LogP contribution in [0.5, 0.6) is 0 Å². The molecule has 1 aliphatic heterocycles. The summed E-state index contributed by atoms with van der Waals surface area (Å²) >= 11 is 0. The van der Waals surface area contributed by atoms with Crippen molar-refractivity contribution in [1.29, 1.82) is 0 Å². The Morgan fingerprint density at radius 1 is 0.976 bits per heavy atom. The van der Waals surface area contributed by atoms with Crippen molar-refractivity contribution in [3.05, 3.63) is 107 Å². The topological polar surface area (TPSA) is 52.2 Å². The van der Waals surface area contributed by atoms with Gasteiger partial charge in [0.1, 0.15) is 0 Å². The molecule has 0 saturated carbocycles. The van der Waals surface area contributed by atoms with Gasteiger partial charge in [0.2, 0.25) is 0 Å². The molecule has 1 amide bonds. The number of fused-ring (bicyclic) bond motifs is 1. The van der Waals surface area contributed by atoms with E-state index in [1.54, 1.807) is 12.4 Å². The number of nitrogens with one attached hydrogen (secondary N) is 1. The predicted molar refractivity (Wildman–Crippen MR) is 143 cm³/mol. The third kappa shape index (κ3) is 6.62. The van der Waals surface area contributed by atoms with Gasteiger partial charge in [0, 0.05) is 67.3 Å². The fourth-order valence-electron chi connectivity index (χ4n) is 5.14. The lowest BCUT2D eigenvalue weighted by Gasteiger charge is -2.41. The molecule has 2 aromatic heterocycles. The SMILES string of the molecule is O=C(c1cc(C(F)(F)F)cc(C(F)(F)F)c1)N1CCN(C/C=C\c2cccnc2)C[C@H]1Cc1c[nH]c2ccccc12. The van der Waals surface area contributed by atoms with Gasteiger partial charge in [0.15, 0.2) is 0 Å². The third-order valence-electron chi connectivity index (χ3n) is 7.15. The summed E-state index contributed by atoms with van der Waals surface area (Å²) in [5.74, 6) is -0.864. The molecule has 0 spiro atoms. The smallest absolute Gasteiger partial charge is 0.361 e. The Hall–Kier alpha value is -4.12. The molecule has 5 rings (SSSR count). The van der Waals surface area contributed by atoms with Gasteiger partial charge in [-0.25, -0.2) is 0 Å². The van der Waals surface area contributed by atoms with Crippen molar-refractivity contribution in [2.75, 3.05) is 26.2 Å². The zero-order valence-corrected chi connectivity index (χ0v) is 21.7. The van der Waals surface area contributed by atoms with Crippen molar-refractivity contribution in [3.63, 3.8) is 0 Å². The first-order valence-electron chi connectivity index (χ1n) is 12.9. The Morgan fingerprint density at radius 3 is 2.39 bits per heavy atom. The van der Waals surface area contributed by atoms with Crippen molar-refractivity contribution >= 4 is 22.9 Å². The number of aromatic nitrogens is 2. The van der Waals surface area contributed by atoms with Crippen LogP contribution in [0.2, 0.25) is 0 Å². The van der Waals surface area contributed by atoms with Crippen LogP contribution in [0, 0.1) is 0 Å². The molecule has 1 fully saturated rings. The van der Waals surface area contributed by atoms with Crippen LogP contribution >= 0.6 is 0 Å². The van der Waals surface area contributed by atoms with E-state index in [1.165, 1.54) is 4.90 Å². The Kier molecular flexibility index (Phi) is 7.90. The molecule has 1 aliphatic rings. The zero-order valence-electron chi connectivity index (χ0n) is 21.7. The van der Waals surface area contributed by atoms with E-state index in [0.717, 1.165) is 22.0 Å². The number of carbonyl (C=O) groups excluding carboxylic acids is 1. The van der Waals surface area contributed by atoms with E-state index in [4.69, 9.17) is 0 Å². The van der Waals surface area contributed by atoms with Crippen LogP contribution in [-0.2, 0) is 18.8 Å². The standard InChI is InChI=1S/C30H26F6N4O/c31-29(32,33)23-13-21(14-24(16-23)30(34,35)36)28(41)40-12-11-39(10-4-6-20-5-3-9-37-17-20)19-25(40)15-22-18-38-27-8-2-1-7-26(22)27/h1-9,13-14,16-18,25,38H,10-12,15,19H2/b6-4-/t25-/m1/s1. The minimum Gasteiger partial charge on any atom is -0.361 e. The second-order valence-corrected chi connectivity index (χ2v) is 9.96. The Bertz CT molecular complexity index is 1510. The van der Waals surface area contributed by atoms with E-state index in [-0.39, 0.29) is 12.6 Å². The Morgan fingerprint density at radius 2 is 1.71 bits per heavy atom. The molecule has 0 unspecified atom stereocenters. The number of rotatable bonds is 6. The van der Waals surface area contributed by atoms with Crippen molar-refractivity contribution < 1.29 is 31.1 Å². The maximum absolute atomic E-state index is 13.6. The van der Waals surface area contributed by atoms with Crippen LogP contribution in [0.15, 0.2) is 79.3 Å². The molecule has 0 radical (unpaired) electrons. The molecule has 4 aromatic rings. The van der Waals surface area contributed by atoms with Crippen LogP contribution < -0.4 is 0 Å². The van der Waals surface area contributed by atoms with E-state index >= 15 is 0 Å². The lowest BCUT2D eigenvalue weighted by molar-refractivity contribution is -0.143. The number of aromatic amines is 1. The van der Waals surface area contributed by atoms with Gasteiger partial charge in [-0.05, 0) is 47.9 Å². The largest absolute Gasteiger partial charge is 0.416 e. The predicted octanol–water partition coefficient (Wildman–Crippen LogP) is 6.68. The van der Waals surface area contributed by atoms with Gasteiger partial charge < -0.3 is 9.88 Å². The number of halogens is 6. The zero-order chi connectivity index (χ0) is 29.2. The molecule has 1 N–H and O–H groups in total. The normalized spacial score (nSPS) is 17.0.